The lowest BCUT2D eigenvalue weighted by Crippen LogP contribution is -2.48. The summed E-state index contributed by atoms with van der Waals surface area (Å²) in [5, 5.41) is 9.32. The second-order valence-electron chi connectivity index (χ2n) is 10.6. The summed E-state index contributed by atoms with van der Waals surface area (Å²) in [6.07, 6.45) is 0.456. The third-order valence-electron chi connectivity index (χ3n) is 6.86. The van der Waals surface area contributed by atoms with E-state index in [0.29, 0.717) is 60.0 Å². The Morgan fingerprint density at radius 3 is 2.34 bits per heavy atom. The quantitative estimate of drug-likeness (QED) is 0.366. The third kappa shape index (κ3) is 5.24. The Kier molecular flexibility index (Phi) is 7.24. The van der Waals surface area contributed by atoms with Gasteiger partial charge in [-0.05, 0) is 30.3 Å². The molecule has 1 aliphatic rings. The molecule has 1 aromatic carbocycles. The molecule has 0 saturated carbocycles. The van der Waals surface area contributed by atoms with Crippen molar-refractivity contribution in [1.82, 2.24) is 24.8 Å². The lowest BCUT2D eigenvalue weighted by atomic mass is 9.87. The predicted octanol–water partition coefficient (Wildman–Crippen LogP) is 4.16. The topological polar surface area (TPSA) is 139 Å². The number of benzene rings is 1. The molecule has 0 spiro atoms. The van der Waals surface area contributed by atoms with E-state index in [4.69, 9.17) is 9.72 Å². The van der Waals surface area contributed by atoms with Crippen LogP contribution in [0.2, 0.25) is 0 Å². The van der Waals surface area contributed by atoms with Crippen LogP contribution in [0.1, 0.15) is 26.5 Å². The molecule has 11 nitrogen and oxygen atoms in total. The molecular weight excluding hydrogens is 551 g/mol. The molecule has 4 heterocycles. The summed E-state index contributed by atoms with van der Waals surface area (Å²) in [6, 6.07) is 10.1. The molecule has 5 rings (SSSR count). The van der Waals surface area contributed by atoms with Gasteiger partial charge in [0.05, 0.1) is 24.0 Å². The smallest absolute Gasteiger partial charge is 0.407 e. The Bertz CT molecular complexity index is 1750. The van der Waals surface area contributed by atoms with Crippen LogP contribution in [-0.2, 0) is 15.3 Å². The molecule has 41 heavy (non-hydrogen) atoms. The number of ether oxygens (including phenoxy) is 1. The highest BCUT2D eigenvalue weighted by Crippen LogP contribution is 2.39. The maximum absolute atomic E-state index is 14.7. The van der Waals surface area contributed by atoms with Crippen LogP contribution in [0.5, 0.6) is 5.88 Å². The van der Waals surface area contributed by atoms with Gasteiger partial charge in [0, 0.05) is 37.2 Å². The minimum absolute atomic E-state index is 0.150. The van der Waals surface area contributed by atoms with E-state index >= 15 is 0 Å². The molecule has 1 N–H and O–H groups in total. The van der Waals surface area contributed by atoms with E-state index in [1.165, 1.54) is 42.6 Å². The third-order valence-corrected chi connectivity index (χ3v) is 8.64. The highest BCUT2D eigenvalue weighted by atomic mass is 32.2. The average molecular weight is 581 g/mol. The number of piperazine rings is 1. The Morgan fingerprint density at radius 2 is 1.71 bits per heavy atom. The van der Waals surface area contributed by atoms with Gasteiger partial charge in [0.1, 0.15) is 27.5 Å². The fourth-order valence-corrected chi connectivity index (χ4v) is 6.23. The molecule has 1 fully saturated rings. The minimum atomic E-state index is -4.36. The van der Waals surface area contributed by atoms with Gasteiger partial charge < -0.3 is 19.6 Å². The molecule has 0 bridgehead atoms. The van der Waals surface area contributed by atoms with Gasteiger partial charge in [-0.15, -0.1) is 0 Å². The number of nitrogens with zero attached hydrogens (tertiary/aromatic N) is 6. The van der Waals surface area contributed by atoms with Gasteiger partial charge in [-0.2, -0.15) is 0 Å². The van der Waals surface area contributed by atoms with E-state index in [9.17, 15) is 22.7 Å². The second-order valence-corrected chi connectivity index (χ2v) is 12.5. The lowest BCUT2D eigenvalue weighted by molar-refractivity contribution is 0.142. The number of halogens is 1. The van der Waals surface area contributed by atoms with Crippen molar-refractivity contribution in [2.24, 2.45) is 0 Å². The van der Waals surface area contributed by atoms with Gasteiger partial charge in [0.2, 0.25) is 15.7 Å². The van der Waals surface area contributed by atoms with Crippen molar-refractivity contribution >= 4 is 32.8 Å². The number of anilines is 1. The van der Waals surface area contributed by atoms with Crippen LogP contribution in [0.25, 0.3) is 22.3 Å². The highest BCUT2D eigenvalue weighted by molar-refractivity contribution is 7.91. The minimum Gasteiger partial charge on any atom is -0.480 e. The van der Waals surface area contributed by atoms with Crippen molar-refractivity contribution in [3.8, 4) is 17.1 Å². The van der Waals surface area contributed by atoms with Crippen LogP contribution < -0.4 is 9.64 Å². The number of hydrogen-bond acceptors (Lipinski definition) is 9. The summed E-state index contributed by atoms with van der Waals surface area (Å²) in [5.41, 5.74) is 1.87. The average Bonchev–Trinajstić information content (AvgIpc) is 2.95. The van der Waals surface area contributed by atoms with Crippen molar-refractivity contribution in [3.05, 3.63) is 60.3 Å². The summed E-state index contributed by atoms with van der Waals surface area (Å²) in [7, 11) is -3.04. The van der Waals surface area contributed by atoms with Crippen LogP contribution in [0, 0.1) is 5.82 Å². The Balaban J connectivity index is 1.69. The van der Waals surface area contributed by atoms with Crippen LogP contribution in [0.3, 0.4) is 0 Å². The number of hydrogen-bond donors (Lipinski definition) is 1. The zero-order valence-electron chi connectivity index (χ0n) is 23.0. The maximum Gasteiger partial charge on any atom is 0.407 e. The standard InChI is InChI=1S/C28H29FN6O5S/c1-28(2,3)24-17(15-22(26(33-24)40-4)41(38,39)21-8-6-5-7-18(21)29)19-9-10-20-23(32-19)25(31-16-30-20)34-11-13-35(14-12-34)27(36)37/h5-10,15-16H,11-14H2,1-4H3,(H,36,37). The molecule has 214 valence electrons. The lowest BCUT2D eigenvalue weighted by Gasteiger charge is -2.34. The number of sulfone groups is 1. The van der Waals surface area contributed by atoms with Crippen molar-refractivity contribution in [1.29, 1.82) is 0 Å². The van der Waals surface area contributed by atoms with E-state index in [-0.39, 0.29) is 10.8 Å². The van der Waals surface area contributed by atoms with Crippen LogP contribution in [-0.4, -0.2) is 77.7 Å². The fraction of sp³-hybridized carbons (Fsp3) is 0.321. The predicted molar refractivity (Wildman–Crippen MR) is 149 cm³/mol. The molecule has 1 amide bonds. The Hall–Kier alpha value is -4.39. The molecule has 0 radical (unpaired) electrons. The van der Waals surface area contributed by atoms with Gasteiger partial charge in [-0.25, -0.2) is 37.5 Å². The molecule has 0 unspecified atom stereocenters. The van der Waals surface area contributed by atoms with Crippen LogP contribution >= 0.6 is 0 Å². The number of methoxy groups -OCH3 is 1. The van der Waals surface area contributed by atoms with Gasteiger partial charge in [-0.3, -0.25) is 0 Å². The summed E-state index contributed by atoms with van der Waals surface area (Å²) < 4.78 is 47.4. The number of rotatable bonds is 5. The molecule has 1 saturated heterocycles. The molecule has 13 heteroatoms. The number of amides is 1. The van der Waals surface area contributed by atoms with E-state index in [1.807, 2.05) is 25.7 Å². The summed E-state index contributed by atoms with van der Waals surface area (Å²) in [4.78, 5) is 32.2. The maximum atomic E-state index is 14.7. The van der Waals surface area contributed by atoms with E-state index in [0.717, 1.165) is 6.07 Å². The summed E-state index contributed by atoms with van der Waals surface area (Å²) in [5.74, 6) is -0.493. The number of carboxylic acid groups (broad SMARTS) is 1. The monoisotopic (exact) mass is 580 g/mol. The summed E-state index contributed by atoms with van der Waals surface area (Å²) in [6.45, 7) is 7.27. The number of pyridine rings is 2. The van der Waals surface area contributed by atoms with E-state index in [1.54, 1.807) is 12.1 Å². The fourth-order valence-electron chi connectivity index (χ4n) is 4.78. The molecule has 0 atom stereocenters. The number of carbonyl (C=O) groups is 1. The van der Waals surface area contributed by atoms with Crippen LogP contribution in [0.4, 0.5) is 15.0 Å². The first-order valence-corrected chi connectivity index (χ1v) is 14.3. The van der Waals surface area contributed by atoms with E-state index < -0.39 is 32.1 Å². The molecular formula is C28H29FN6O5S. The molecule has 1 aliphatic heterocycles. The Labute approximate surface area is 236 Å². The molecule has 3 aromatic heterocycles. The zero-order valence-corrected chi connectivity index (χ0v) is 23.8. The first-order chi connectivity index (χ1) is 19.4. The van der Waals surface area contributed by atoms with Gasteiger partial charge >= 0.3 is 6.09 Å². The second kappa shape index (κ2) is 10.5. The van der Waals surface area contributed by atoms with Gasteiger partial charge in [0.15, 0.2) is 5.82 Å². The van der Waals surface area contributed by atoms with Crippen LogP contribution in [0.15, 0.2) is 58.6 Å². The zero-order chi connectivity index (χ0) is 29.5. The Morgan fingerprint density at radius 1 is 1.00 bits per heavy atom. The van der Waals surface area contributed by atoms with Gasteiger partial charge in [0.25, 0.3) is 0 Å². The van der Waals surface area contributed by atoms with Crippen molar-refractivity contribution in [3.63, 3.8) is 0 Å². The summed E-state index contributed by atoms with van der Waals surface area (Å²) >= 11 is 0. The SMILES string of the molecule is COc1nc(C(C)(C)C)c(-c2ccc3ncnc(N4CCN(C(=O)O)CC4)c3n2)cc1S(=O)(=O)c1ccccc1F. The first-order valence-electron chi connectivity index (χ1n) is 12.9. The van der Waals surface area contributed by atoms with Gasteiger partial charge in [-0.1, -0.05) is 32.9 Å². The largest absolute Gasteiger partial charge is 0.480 e. The molecule has 4 aromatic rings. The highest BCUT2D eigenvalue weighted by Gasteiger charge is 2.32. The van der Waals surface area contributed by atoms with Crippen molar-refractivity contribution in [2.75, 3.05) is 38.2 Å². The first kappa shape index (κ1) is 28.1. The molecule has 0 aliphatic carbocycles. The normalized spacial score (nSPS) is 14.4. The van der Waals surface area contributed by atoms with Crippen molar-refractivity contribution < 1.29 is 27.4 Å². The number of fused-ring (bicyclic) bond motifs is 1. The van der Waals surface area contributed by atoms with E-state index in [2.05, 4.69) is 15.0 Å². The number of aromatic nitrogens is 4. The van der Waals surface area contributed by atoms with Crippen molar-refractivity contribution in [2.45, 2.75) is 36.0 Å².